The molecule has 0 heterocycles. The Morgan fingerprint density at radius 2 is 1.68 bits per heavy atom. The minimum absolute atomic E-state index is 0.0987. The Morgan fingerprint density at radius 1 is 1.09 bits per heavy atom. The average molecular weight is 301 g/mol. The van der Waals surface area contributed by atoms with Gasteiger partial charge < -0.3 is 10.0 Å². The van der Waals surface area contributed by atoms with Crippen molar-refractivity contribution in [1.82, 2.24) is 4.90 Å². The van der Waals surface area contributed by atoms with Crippen LogP contribution < -0.4 is 0 Å². The number of carboxylic acids is 1. The van der Waals surface area contributed by atoms with E-state index in [1.54, 1.807) is 30.3 Å². The molecule has 1 atom stereocenters. The minimum Gasteiger partial charge on any atom is -0.480 e. The number of halogens is 1. The van der Waals surface area contributed by atoms with Crippen LogP contribution in [0.25, 0.3) is 0 Å². The maximum absolute atomic E-state index is 13.8. The van der Waals surface area contributed by atoms with Gasteiger partial charge in [0.05, 0.1) is 5.56 Å². The van der Waals surface area contributed by atoms with Crippen molar-refractivity contribution in [3.05, 3.63) is 71.5 Å². The summed E-state index contributed by atoms with van der Waals surface area (Å²) < 4.78 is 13.8. The first kappa shape index (κ1) is 15.7. The molecule has 0 aliphatic heterocycles. The molecule has 2 aromatic rings. The van der Waals surface area contributed by atoms with Crippen molar-refractivity contribution >= 4 is 11.9 Å². The zero-order valence-corrected chi connectivity index (χ0v) is 12.1. The van der Waals surface area contributed by atoms with E-state index in [-0.39, 0.29) is 12.1 Å². The number of hydrogen-bond acceptors (Lipinski definition) is 2. The SMILES string of the molecule is CC(C(=O)O)N(Cc1ccccc1)C(=O)c1ccccc1F. The number of nitrogens with zero attached hydrogens (tertiary/aromatic N) is 1. The Bertz CT molecular complexity index is 673. The van der Waals surface area contributed by atoms with Crippen LogP contribution in [0.2, 0.25) is 0 Å². The zero-order valence-electron chi connectivity index (χ0n) is 12.1. The smallest absolute Gasteiger partial charge is 0.326 e. The van der Waals surface area contributed by atoms with Crippen LogP contribution in [0.4, 0.5) is 4.39 Å². The predicted octanol–water partition coefficient (Wildman–Crippen LogP) is 2.94. The van der Waals surface area contributed by atoms with Gasteiger partial charge in [-0.05, 0) is 24.6 Å². The van der Waals surface area contributed by atoms with Crippen molar-refractivity contribution in [3.8, 4) is 0 Å². The molecular weight excluding hydrogens is 285 g/mol. The summed E-state index contributed by atoms with van der Waals surface area (Å²) in [6.07, 6.45) is 0. The number of aliphatic carboxylic acids is 1. The maximum Gasteiger partial charge on any atom is 0.326 e. The summed E-state index contributed by atoms with van der Waals surface area (Å²) in [7, 11) is 0. The Kier molecular flexibility index (Phi) is 4.88. The van der Waals surface area contributed by atoms with Gasteiger partial charge in [-0.25, -0.2) is 9.18 Å². The van der Waals surface area contributed by atoms with Crippen molar-refractivity contribution in [2.45, 2.75) is 19.5 Å². The number of carboxylic acid groups (broad SMARTS) is 1. The summed E-state index contributed by atoms with van der Waals surface area (Å²) in [5.74, 6) is -2.44. The highest BCUT2D eigenvalue weighted by molar-refractivity contribution is 5.96. The van der Waals surface area contributed by atoms with E-state index in [9.17, 15) is 19.1 Å². The summed E-state index contributed by atoms with van der Waals surface area (Å²) in [5, 5.41) is 9.21. The lowest BCUT2D eigenvalue weighted by molar-refractivity contribution is -0.141. The van der Waals surface area contributed by atoms with Gasteiger partial charge >= 0.3 is 5.97 Å². The summed E-state index contributed by atoms with van der Waals surface area (Å²) in [5.41, 5.74) is 0.645. The molecule has 4 nitrogen and oxygen atoms in total. The second-order valence-electron chi connectivity index (χ2n) is 4.91. The molecule has 0 aliphatic carbocycles. The normalized spacial score (nSPS) is 11.7. The molecule has 0 radical (unpaired) electrons. The van der Waals surface area contributed by atoms with E-state index in [1.807, 2.05) is 6.07 Å². The summed E-state index contributed by atoms with van der Waals surface area (Å²) in [4.78, 5) is 25.0. The molecule has 0 spiro atoms. The van der Waals surface area contributed by atoms with Crippen molar-refractivity contribution in [2.24, 2.45) is 0 Å². The molecule has 22 heavy (non-hydrogen) atoms. The molecular formula is C17H16FNO3. The lowest BCUT2D eigenvalue weighted by Gasteiger charge is -2.27. The molecule has 0 fully saturated rings. The van der Waals surface area contributed by atoms with Gasteiger partial charge in [0, 0.05) is 6.54 Å². The van der Waals surface area contributed by atoms with Gasteiger partial charge in [0.1, 0.15) is 11.9 Å². The van der Waals surface area contributed by atoms with E-state index >= 15 is 0 Å². The maximum atomic E-state index is 13.8. The molecule has 1 N–H and O–H groups in total. The molecule has 0 saturated carbocycles. The van der Waals surface area contributed by atoms with Gasteiger partial charge in [-0.3, -0.25) is 4.79 Å². The Morgan fingerprint density at radius 3 is 2.27 bits per heavy atom. The fourth-order valence-electron chi connectivity index (χ4n) is 2.09. The summed E-state index contributed by atoms with van der Waals surface area (Å²) in [6.45, 7) is 1.51. The first-order valence-electron chi connectivity index (χ1n) is 6.83. The van der Waals surface area contributed by atoms with Crippen LogP contribution in [-0.4, -0.2) is 27.9 Å². The molecule has 0 bridgehead atoms. The second kappa shape index (κ2) is 6.85. The third kappa shape index (κ3) is 3.49. The van der Waals surface area contributed by atoms with Gasteiger partial charge in [-0.1, -0.05) is 42.5 Å². The molecule has 1 unspecified atom stereocenters. The van der Waals surface area contributed by atoms with E-state index < -0.39 is 23.7 Å². The predicted molar refractivity (Wildman–Crippen MR) is 79.8 cm³/mol. The van der Waals surface area contributed by atoms with Crippen LogP contribution in [0.15, 0.2) is 54.6 Å². The lowest BCUT2D eigenvalue weighted by Crippen LogP contribution is -2.43. The highest BCUT2D eigenvalue weighted by Gasteiger charge is 2.28. The van der Waals surface area contributed by atoms with E-state index in [4.69, 9.17) is 0 Å². The molecule has 0 saturated heterocycles. The molecule has 5 heteroatoms. The van der Waals surface area contributed by atoms with Crippen LogP contribution in [-0.2, 0) is 11.3 Å². The molecule has 0 aliphatic rings. The Labute approximate surface area is 127 Å². The third-order valence-corrected chi connectivity index (χ3v) is 3.39. The average Bonchev–Trinajstić information content (AvgIpc) is 2.52. The quantitative estimate of drug-likeness (QED) is 0.923. The van der Waals surface area contributed by atoms with Crippen molar-refractivity contribution in [2.75, 3.05) is 0 Å². The van der Waals surface area contributed by atoms with Gasteiger partial charge in [-0.2, -0.15) is 0 Å². The van der Waals surface area contributed by atoms with Crippen LogP contribution in [0.1, 0.15) is 22.8 Å². The van der Waals surface area contributed by atoms with Gasteiger partial charge in [0.2, 0.25) is 0 Å². The summed E-state index contributed by atoms with van der Waals surface area (Å²) >= 11 is 0. The molecule has 114 valence electrons. The number of rotatable bonds is 5. The summed E-state index contributed by atoms with van der Waals surface area (Å²) in [6, 6.07) is 13.5. The number of carbonyl (C=O) groups is 2. The largest absolute Gasteiger partial charge is 0.480 e. The topological polar surface area (TPSA) is 57.6 Å². The second-order valence-corrected chi connectivity index (χ2v) is 4.91. The van der Waals surface area contributed by atoms with Gasteiger partial charge in [0.25, 0.3) is 5.91 Å². The zero-order chi connectivity index (χ0) is 16.1. The first-order valence-corrected chi connectivity index (χ1v) is 6.83. The van der Waals surface area contributed by atoms with Crippen LogP contribution >= 0.6 is 0 Å². The lowest BCUT2D eigenvalue weighted by atomic mass is 10.1. The number of benzene rings is 2. The molecule has 2 aromatic carbocycles. The van der Waals surface area contributed by atoms with Crippen LogP contribution in [0, 0.1) is 5.82 Å². The standard InChI is InChI=1S/C17H16FNO3/c1-12(17(21)22)19(11-13-7-3-2-4-8-13)16(20)14-9-5-6-10-15(14)18/h2-10,12H,11H2,1H3,(H,21,22). The Balaban J connectivity index is 2.34. The van der Waals surface area contributed by atoms with Crippen molar-refractivity contribution < 1.29 is 19.1 Å². The third-order valence-electron chi connectivity index (χ3n) is 3.39. The van der Waals surface area contributed by atoms with E-state index in [0.717, 1.165) is 10.5 Å². The van der Waals surface area contributed by atoms with Crippen molar-refractivity contribution in [1.29, 1.82) is 0 Å². The highest BCUT2D eigenvalue weighted by Crippen LogP contribution is 2.16. The van der Waals surface area contributed by atoms with Gasteiger partial charge in [-0.15, -0.1) is 0 Å². The first-order chi connectivity index (χ1) is 10.5. The van der Waals surface area contributed by atoms with Crippen molar-refractivity contribution in [3.63, 3.8) is 0 Å². The minimum atomic E-state index is -1.14. The number of amides is 1. The fraction of sp³-hybridized carbons (Fsp3) is 0.176. The molecule has 0 aromatic heterocycles. The molecule has 2 rings (SSSR count). The van der Waals surface area contributed by atoms with Crippen LogP contribution in [0.3, 0.4) is 0 Å². The highest BCUT2D eigenvalue weighted by atomic mass is 19.1. The van der Waals surface area contributed by atoms with E-state index in [0.29, 0.717) is 0 Å². The Hall–Kier alpha value is -2.69. The monoisotopic (exact) mass is 301 g/mol. The van der Waals surface area contributed by atoms with E-state index in [2.05, 4.69) is 0 Å². The molecule has 1 amide bonds. The van der Waals surface area contributed by atoms with E-state index in [1.165, 1.54) is 25.1 Å². The number of carbonyl (C=O) groups excluding carboxylic acids is 1. The number of hydrogen-bond donors (Lipinski definition) is 1. The van der Waals surface area contributed by atoms with Crippen LogP contribution in [0.5, 0.6) is 0 Å². The van der Waals surface area contributed by atoms with Gasteiger partial charge in [0.15, 0.2) is 0 Å². The fourth-order valence-corrected chi connectivity index (χ4v) is 2.09.